The molecule has 0 aliphatic heterocycles. The molecule has 0 aromatic carbocycles. The Morgan fingerprint density at radius 3 is 2.10 bits per heavy atom. The van der Waals surface area contributed by atoms with E-state index in [1.54, 1.807) is 0 Å². The molecule has 21 heavy (non-hydrogen) atoms. The van der Waals surface area contributed by atoms with Gasteiger partial charge in [0, 0.05) is 0 Å². The van der Waals surface area contributed by atoms with Crippen LogP contribution in [0.15, 0.2) is 12.7 Å². The number of ether oxygens (including phenoxy) is 1. The Balaban J connectivity index is 1.61. The molecule has 2 aliphatic carbocycles. The summed E-state index contributed by atoms with van der Waals surface area (Å²) in [6, 6.07) is 0. The molecular weight excluding hydrogens is 256 g/mol. The van der Waals surface area contributed by atoms with Crippen LogP contribution >= 0.6 is 0 Å². The van der Waals surface area contributed by atoms with Gasteiger partial charge in [-0.1, -0.05) is 51.5 Å². The van der Waals surface area contributed by atoms with E-state index in [2.05, 4.69) is 13.5 Å². The molecule has 2 rings (SSSR count). The summed E-state index contributed by atoms with van der Waals surface area (Å²) in [5, 5.41) is 0. The van der Waals surface area contributed by atoms with E-state index >= 15 is 0 Å². The zero-order valence-electron chi connectivity index (χ0n) is 14.2. The third kappa shape index (κ3) is 5.77. The fourth-order valence-electron chi connectivity index (χ4n) is 4.56. The van der Waals surface area contributed by atoms with E-state index in [1.807, 2.05) is 6.08 Å². The van der Waals surface area contributed by atoms with Gasteiger partial charge in [0.15, 0.2) is 0 Å². The van der Waals surface area contributed by atoms with Gasteiger partial charge in [-0.2, -0.15) is 0 Å². The summed E-state index contributed by atoms with van der Waals surface area (Å²) in [5.74, 6) is 3.10. The highest BCUT2D eigenvalue weighted by molar-refractivity contribution is 4.82. The smallest absolute Gasteiger partial charge is 0.0648 e. The molecule has 0 saturated heterocycles. The Morgan fingerprint density at radius 2 is 1.52 bits per heavy atom. The highest BCUT2D eigenvalue weighted by atomic mass is 16.5. The van der Waals surface area contributed by atoms with E-state index in [0.29, 0.717) is 6.10 Å². The predicted octanol–water partition coefficient (Wildman–Crippen LogP) is 6.13. The third-order valence-corrected chi connectivity index (χ3v) is 5.94. The Morgan fingerprint density at radius 1 is 0.905 bits per heavy atom. The first kappa shape index (κ1) is 17.1. The van der Waals surface area contributed by atoms with Gasteiger partial charge < -0.3 is 4.74 Å². The maximum Gasteiger partial charge on any atom is 0.0648 e. The van der Waals surface area contributed by atoms with Crippen LogP contribution in [0.3, 0.4) is 0 Å². The molecule has 0 heterocycles. The first-order valence-corrected chi connectivity index (χ1v) is 9.56. The van der Waals surface area contributed by atoms with Gasteiger partial charge in [0.05, 0.1) is 12.7 Å². The minimum Gasteiger partial charge on any atom is -0.374 e. The van der Waals surface area contributed by atoms with E-state index in [4.69, 9.17) is 4.74 Å². The van der Waals surface area contributed by atoms with Crippen molar-refractivity contribution in [3.05, 3.63) is 12.7 Å². The molecule has 0 aromatic rings. The second kappa shape index (κ2) is 9.66. The van der Waals surface area contributed by atoms with Crippen LogP contribution in [0.4, 0.5) is 0 Å². The number of hydrogen-bond donors (Lipinski definition) is 0. The summed E-state index contributed by atoms with van der Waals surface area (Å²) in [6.45, 7) is 6.79. The van der Waals surface area contributed by atoms with Crippen molar-refractivity contribution in [2.24, 2.45) is 17.8 Å². The van der Waals surface area contributed by atoms with Crippen LogP contribution in [-0.2, 0) is 4.74 Å². The molecule has 0 aromatic heterocycles. The molecule has 1 heteroatoms. The van der Waals surface area contributed by atoms with Gasteiger partial charge in [-0.3, -0.25) is 0 Å². The standard InChI is InChI=1S/C20H36O/c1-3-5-6-7-17-8-10-18(11-9-17)19-12-14-20(15-13-19)21-16-4-2/h4,17-20H,2-3,5-16H2,1H3/t17-,18-,19-,20-. The van der Waals surface area contributed by atoms with Crippen LogP contribution in [-0.4, -0.2) is 12.7 Å². The molecular formula is C20H36O. The fourth-order valence-corrected chi connectivity index (χ4v) is 4.56. The lowest BCUT2D eigenvalue weighted by Gasteiger charge is -2.37. The predicted molar refractivity (Wildman–Crippen MR) is 91.5 cm³/mol. The lowest BCUT2D eigenvalue weighted by molar-refractivity contribution is 0.0210. The van der Waals surface area contributed by atoms with E-state index in [0.717, 1.165) is 24.4 Å². The van der Waals surface area contributed by atoms with Crippen LogP contribution in [0.2, 0.25) is 0 Å². The monoisotopic (exact) mass is 292 g/mol. The van der Waals surface area contributed by atoms with E-state index in [9.17, 15) is 0 Å². The molecule has 0 atom stereocenters. The van der Waals surface area contributed by atoms with Crippen molar-refractivity contribution in [2.75, 3.05) is 6.61 Å². The van der Waals surface area contributed by atoms with Gasteiger partial charge in [0.2, 0.25) is 0 Å². The molecule has 0 bridgehead atoms. The average molecular weight is 293 g/mol. The number of unbranched alkanes of at least 4 members (excludes halogenated alkanes) is 2. The summed E-state index contributed by atoms with van der Waals surface area (Å²) in [7, 11) is 0. The largest absolute Gasteiger partial charge is 0.374 e. The van der Waals surface area contributed by atoms with Crippen molar-refractivity contribution in [2.45, 2.75) is 90.1 Å². The summed E-state index contributed by atoms with van der Waals surface area (Å²) >= 11 is 0. The molecule has 2 saturated carbocycles. The molecule has 0 N–H and O–H groups in total. The van der Waals surface area contributed by atoms with Crippen molar-refractivity contribution < 1.29 is 4.74 Å². The average Bonchev–Trinajstić information content (AvgIpc) is 2.54. The molecule has 0 amide bonds. The van der Waals surface area contributed by atoms with Crippen molar-refractivity contribution in [1.29, 1.82) is 0 Å². The summed E-state index contributed by atoms with van der Waals surface area (Å²) in [5.41, 5.74) is 0. The van der Waals surface area contributed by atoms with Crippen LogP contribution in [0.1, 0.15) is 84.0 Å². The topological polar surface area (TPSA) is 9.23 Å². The molecule has 1 nitrogen and oxygen atoms in total. The van der Waals surface area contributed by atoms with E-state index in [-0.39, 0.29) is 0 Å². The molecule has 0 spiro atoms. The maximum absolute atomic E-state index is 5.82. The van der Waals surface area contributed by atoms with Gasteiger partial charge in [-0.05, 0) is 56.3 Å². The fraction of sp³-hybridized carbons (Fsp3) is 0.900. The van der Waals surface area contributed by atoms with Crippen molar-refractivity contribution in [3.8, 4) is 0 Å². The Hall–Kier alpha value is -0.300. The molecule has 0 unspecified atom stereocenters. The summed E-state index contributed by atoms with van der Waals surface area (Å²) in [6.07, 6.45) is 19.6. The van der Waals surface area contributed by atoms with Gasteiger partial charge in [0.1, 0.15) is 0 Å². The number of hydrogen-bond acceptors (Lipinski definition) is 1. The van der Waals surface area contributed by atoms with Gasteiger partial charge >= 0.3 is 0 Å². The summed E-state index contributed by atoms with van der Waals surface area (Å²) in [4.78, 5) is 0. The third-order valence-electron chi connectivity index (χ3n) is 5.94. The van der Waals surface area contributed by atoms with Gasteiger partial charge in [-0.15, -0.1) is 6.58 Å². The van der Waals surface area contributed by atoms with Crippen LogP contribution < -0.4 is 0 Å². The lowest BCUT2D eigenvalue weighted by Crippen LogP contribution is -2.28. The normalized spacial score (nSPS) is 33.8. The van der Waals surface area contributed by atoms with E-state index < -0.39 is 0 Å². The molecule has 2 aliphatic rings. The Labute approximate surface area is 132 Å². The van der Waals surface area contributed by atoms with Crippen molar-refractivity contribution in [3.63, 3.8) is 0 Å². The molecule has 122 valence electrons. The van der Waals surface area contributed by atoms with Crippen LogP contribution in [0.25, 0.3) is 0 Å². The minimum atomic E-state index is 0.518. The molecule has 2 fully saturated rings. The van der Waals surface area contributed by atoms with Crippen LogP contribution in [0, 0.1) is 17.8 Å². The highest BCUT2D eigenvalue weighted by Crippen LogP contribution is 2.41. The first-order valence-electron chi connectivity index (χ1n) is 9.56. The highest BCUT2D eigenvalue weighted by Gasteiger charge is 2.30. The van der Waals surface area contributed by atoms with Gasteiger partial charge in [-0.25, -0.2) is 0 Å². The SMILES string of the molecule is C=CCO[C@H]1CC[C@H]([C@H]2CC[C@H](CCCCC)CC2)CC1. The van der Waals surface area contributed by atoms with E-state index in [1.165, 1.54) is 77.0 Å². The van der Waals surface area contributed by atoms with Crippen molar-refractivity contribution >= 4 is 0 Å². The second-order valence-corrected chi connectivity index (χ2v) is 7.44. The summed E-state index contributed by atoms with van der Waals surface area (Å²) < 4.78 is 5.82. The van der Waals surface area contributed by atoms with Crippen molar-refractivity contribution in [1.82, 2.24) is 0 Å². The van der Waals surface area contributed by atoms with Gasteiger partial charge in [0.25, 0.3) is 0 Å². The zero-order chi connectivity index (χ0) is 14.9. The minimum absolute atomic E-state index is 0.518. The maximum atomic E-state index is 5.82. The first-order chi connectivity index (χ1) is 10.3. The van der Waals surface area contributed by atoms with Crippen LogP contribution in [0.5, 0.6) is 0 Å². The second-order valence-electron chi connectivity index (χ2n) is 7.44. The Kier molecular flexibility index (Phi) is 7.85. The molecule has 0 radical (unpaired) electrons. The quantitative estimate of drug-likeness (QED) is 0.386. The number of rotatable bonds is 8. The lowest BCUT2D eigenvalue weighted by atomic mass is 9.70. The Bertz CT molecular complexity index is 270. The zero-order valence-corrected chi connectivity index (χ0v) is 14.2.